The molecule has 0 atom stereocenters. The van der Waals surface area contributed by atoms with E-state index in [9.17, 15) is 0 Å². The molecule has 0 spiro atoms. The molecule has 0 saturated heterocycles. The molecular formula is C13H18O2Si. The summed E-state index contributed by atoms with van der Waals surface area (Å²) in [5.41, 5.74) is 4.24. The average molecular weight is 234 g/mol. The van der Waals surface area contributed by atoms with Crippen molar-refractivity contribution in [2.75, 3.05) is 14.2 Å². The first-order valence-corrected chi connectivity index (χ1v) is 8.71. The van der Waals surface area contributed by atoms with Crippen molar-refractivity contribution in [3.8, 4) is 23.0 Å². The van der Waals surface area contributed by atoms with Gasteiger partial charge < -0.3 is 9.47 Å². The SMILES string of the molecule is COc1ccc(C#C[Si](C)(C)C)c(OC)c1. The van der Waals surface area contributed by atoms with E-state index < -0.39 is 8.07 Å². The third-order valence-corrected chi connectivity index (χ3v) is 2.86. The summed E-state index contributed by atoms with van der Waals surface area (Å²) < 4.78 is 10.4. The Bertz CT molecular complexity index is 422. The molecule has 0 bridgehead atoms. The molecule has 0 N–H and O–H groups in total. The fourth-order valence-electron chi connectivity index (χ4n) is 1.16. The molecule has 0 amide bonds. The van der Waals surface area contributed by atoms with E-state index in [2.05, 4.69) is 31.1 Å². The van der Waals surface area contributed by atoms with Crippen LogP contribution in [0.3, 0.4) is 0 Å². The summed E-state index contributed by atoms with van der Waals surface area (Å²) in [5, 5.41) is 0. The van der Waals surface area contributed by atoms with E-state index in [1.54, 1.807) is 14.2 Å². The maximum Gasteiger partial charge on any atom is 0.138 e. The highest BCUT2D eigenvalue weighted by molar-refractivity contribution is 6.83. The molecule has 0 aliphatic carbocycles. The van der Waals surface area contributed by atoms with Crippen LogP contribution in [0.2, 0.25) is 19.6 Å². The van der Waals surface area contributed by atoms with E-state index in [-0.39, 0.29) is 0 Å². The Morgan fingerprint density at radius 2 is 1.75 bits per heavy atom. The van der Waals surface area contributed by atoms with Crippen molar-refractivity contribution in [2.24, 2.45) is 0 Å². The molecule has 1 aromatic carbocycles. The van der Waals surface area contributed by atoms with Crippen molar-refractivity contribution < 1.29 is 9.47 Å². The van der Waals surface area contributed by atoms with Crippen LogP contribution in [0.5, 0.6) is 11.5 Å². The predicted octanol–water partition coefficient (Wildman–Crippen LogP) is 2.93. The summed E-state index contributed by atoms with van der Waals surface area (Å²) in [6.45, 7) is 6.65. The van der Waals surface area contributed by atoms with Gasteiger partial charge in [-0.3, -0.25) is 0 Å². The molecule has 0 saturated carbocycles. The second kappa shape index (κ2) is 5.09. The predicted molar refractivity (Wildman–Crippen MR) is 69.8 cm³/mol. The maximum atomic E-state index is 5.29. The molecule has 0 aromatic heterocycles. The van der Waals surface area contributed by atoms with Gasteiger partial charge in [0.05, 0.1) is 19.8 Å². The van der Waals surface area contributed by atoms with Gasteiger partial charge in [0.15, 0.2) is 0 Å². The summed E-state index contributed by atoms with van der Waals surface area (Å²) in [7, 11) is 1.94. The summed E-state index contributed by atoms with van der Waals surface area (Å²) in [5.74, 6) is 4.74. The molecule has 86 valence electrons. The Kier molecular flexibility index (Phi) is 4.03. The summed E-state index contributed by atoms with van der Waals surface area (Å²) in [6.07, 6.45) is 0. The number of benzene rings is 1. The third kappa shape index (κ3) is 3.63. The largest absolute Gasteiger partial charge is 0.497 e. The fraction of sp³-hybridized carbons (Fsp3) is 0.385. The van der Waals surface area contributed by atoms with Crippen molar-refractivity contribution in [2.45, 2.75) is 19.6 Å². The molecular weight excluding hydrogens is 216 g/mol. The molecule has 3 heteroatoms. The molecule has 0 fully saturated rings. The number of hydrogen-bond donors (Lipinski definition) is 0. The van der Waals surface area contributed by atoms with Gasteiger partial charge in [-0.15, -0.1) is 5.54 Å². The standard InChI is InChI=1S/C13H18O2Si/c1-14-12-7-6-11(13(10-12)15-2)8-9-16(3,4)5/h6-7,10H,1-5H3. The van der Waals surface area contributed by atoms with E-state index >= 15 is 0 Å². The number of ether oxygens (including phenoxy) is 2. The highest BCUT2D eigenvalue weighted by Gasteiger charge is 2.08. The van der Waals surface area contributed by atoms with Crippen LogP contribution >= 0.6 is 0 Å². The first-order chi connectivity index (χ1) is 7.46. The smallest absolute Gasteiger partial charge is 0.138 e. The second-order valence-corrected chi connectivity index (χ2v) is 9.32. The molecule has 1 aromatic rings. The summed E-state index contributed by atoms with van der Waals surface area (Å²) in [4.78, 5) is 0. The molecule has 0 heterocycles. The van der Waals surface area contributed by atoms with Crippen LogP contribution in [-0.2, 0) is 0 Å². The summed E-state index contributed by atoms with van der Waals surface area (Å²) >= 11 is 0. The van der Waals surface area contributed by atoms with Gasteiger partial charge in [-0.1, -0.05) is 25.6 Å². The van der Waals surface area contributed by atoms with E-state index in [1.807, 2.05) is 18.2 Å². The summed E-state index contributed by atoms with van der Waals surface area (Å²) in [6, 6.07) is 5.69. The molecule has 2 nitrogen and oxygen atoms in total. The minimum atomic E-state index is -1.35. The Hall–Kier alpha value is -1.40. The van der Waals surface area contributed by atoms with Crippen LogP contribution in [0, 0.1) is 11.5 Å². The second-order valence-electron chi connectivity index (χ2n) is 4.57. The first kappa shape index (κ1) is 12.7. The van der Waals surface area contributed by atoms with Crippen molar-refractivity contribution in [1.82, 2.24) is 0 Å². The van der Waals surface area contributed by atoms with E-state index in [1.165, 1.54) is 0 Å². The normalized spacial score (nSPS) is 10.3. The lowest BCUT2D eigenvalue weighted by atomic mass is 10.2. The fourth-order valence-corrected chi connectivity index (χ4v) is 1.67. The Morgan fingerprint density at radius 1 is 1.06 bits per heavy atom. The zero-order chi connectivity index (χ0) is 12.2. The van der Waals surface area contributed by atoms with Gasteiger partial charge in [-0.25, -0.2) is 0 Å². The minimum Gasteiger partial charge on any atom is -0.497 e. The van der Waals surface area contributed by atoms with Gasteiger partial charge in [0.2, 0.25) is 0 Å². The van der Waals surface area contributed by atoms with Gasteiger partial charge in [0.1, 0.15) is 19.6 Å². The highest BCUT2D eigenvalue weighted by Crippen LogP contribution is 2.23. The topological polar surface area (TPSA) is 18.5 Å². The number of rotatable bonds is 2. The van der Waals surface area contributed by atoms with Crippen LogP contribution in [0.25, 0.3) is 0 Å². The van der Waals surface area contributed by atoms with Crippen LogP contribution in [0.15, 0.2) is 18.2 Å². The maximum absolute atomic E-state index is 5.29. The minimum absolute atomic E-state index is 0.769. The molecule has 1 rings (SSSR count). The molecule has 0 unspecified atom stereocenters. The van der Waals surface area contributed by atoms with Crippen LogP contribution in [0.1, 0.15) is 5.56 Å². The third-order valence-electron chi connectivity index (χ3n) is 1.98. The van der Waals surface area contributed by atoms with E-state index in [0.29, 0.717) is 0 Å². The quantitative estimate of drug-likeness (QED) is 0.578. The first-order valence-electron chi connectivity index (χ1n) is 5.21. The van der Waals surface area contributed by atoms with Gasteiger partial charge in [-0.2, -0.15) is 0 Å². The van der Waals surface area contributed by atoms with E-state index in [4.69, 9.17) is 9.47 Å². The van der Waals surface area contributed by atoms with E-state index in [0.717, 1.165) is 17.1 Å². The lowest BCUT2D eigenvalue weighted by Crippen LogP contribution is -2.16. The zero-order valence-electron chi connectivity index (χ0n) is 10.5. The average Bonchev–Trinajstić information content (AvgIpc) is 2.25. The van der Waals surface area contributed by atoms with Crippen LogP contribution in [0.4, 0.5) is 0 Å². The van der Waals surface area contributed by atoms with Gasteiger partial charge >= 0.3 is 0 Å². The highest BCUT2D eigenvalue weighted by atomic mass is 28.3. The molecule has 16 heavy (non-hydrogen) atoms. The Labute approximate surface area is 98.6 Å². The van der Waals surface area contributed by atoms with Crippen LogP contribution in [-0.4, -0.2) is 22.3 Å². The van der Waals surface area contributed by atoms with Crippen molar-refractivity contribution in [3.05, 3.63) is 23.8 Å². The molecule has 0 aliphatic heterocycles. The number of hydrogen-bond acceptors (Lipinski definition) is 2. The van der Waals surface area contributed by atoms with Crippen molar-refractivity contribution in [3.63, 3.8) is 0 Å². The Balaban J connectivity index is 3.08. The number of methoxy groups -OCH3 is 2. The van der Waals surface area contributed by atoms with Crippen LogP contribution < -0.4 is 9.47 Å². The zero-order valence-corrected chi connectivity index (χ0v) is 11.5. The van der Waals surface area contributed by atoms with Gasteiger partial charge in [0, 0.05) is 6.07 Å². The van der Waals surface area contributed by atoms with Gasteiger partial charge in [0.25, 0.3) is 0 Å². The van der Waals surface area contributed by atoms with Crippen molar-refractivity contribution in [1.29, 1.82) is 0 Å². The molecule has 0 aliphatic rings. The molecule has 0 radical (unpaired) electrons. The monoisotopic (exact) mass is 234 g/mol. The van der Waals surface area contributed by atoms with Gasteiger partial charge in [-0.05, 0) is 12.1 Å². The lowest BCUT2D eigenvalue weighted by Gasteiger charge is -2.07. The lowest BCUT2D eigenvalue weighted by molar-refractivity contribution is 0.393. The van der Waals surface area contributed by atoms with Crippen molar-refractivity contribution >= 4 is 8.07 Å². The Morgan fingerprint density at radius 3 is 2.25 bits per heavy atom.